The maximum Gasteiger partial charge on any atom is 0.237 e. The molecule has 104 valence electrons. The van der Waals surface area contributed by atoms with Gasteiger partial charge in [0.25, 0.3) is 0 Å². The third-order valence-corrected chi connectivity index (χ3v) is 3.83. The number of hydrogen-bond acceptors (Lipinski definition) is 4. The predicted molar refractivity (Wildman–Crippen MR) is 78.5 cm³/mol. The quantitative estimate of drug-likeness (QED) is 0.821. The first-order valence-electron chi connectivity index (χ1n) is 6.47. The van der Waals surface area contributed by atoms with Crippen molar-refractivity contribution in [3.8, 4) is 5.75 Å². The Balaban J connectivity index is 1.74. The van der Waals surface area contributed by atoms with E-state index >= 15 is 0 Å². The van der Waals surface area contributed by atoms with Gasteiger partial charge in [-0.3, -0.25) is 4.79 Å². The van der Waals surface area contributed by atoms with Gasteiger partial charge >= 0.3 is 0 Å². The number of amides is 1. The lowest BCUT2D eigenvalue weighted by Gasteiger charge is -2.15. The van der Waals surface area contributed by atoms with Crippen molar-refractivity contribution in [2.24, 2.45) is 5.73 Å². The number of rotatable bonds is 6. The summed E-state index contributed by atoms with van der Waals surface area (Å²) in [6, 6.07) is 7.55. The largest absolute Gasteiger partial charge is 0.488 e. The molecular weight excluding hydrogens is 260 g/mol. The number of thioether (sulfide) groups is 1. The maximum absolute atomic E-state index is 11.8. The summed E-state index contributed by atoms with van der Waals surface area (Å²) < 4.78 is 5.76. The minimum absolute atomic E-state index is 0.0223. The molecule has 0 saturated heterocycles. The van der Waals surface area contributed by atoms with Crippen LogP contribution in [0.5, 0.6) is 5.75 Å². The molecule has 5 heteroatoms. The van der Waals surface area contributed by atoms with E-state index in [4.69, 9.17) is 10.5 Å². The molecule has 1 aromatic rings. The topological polar surface area (TPSA) is 64.4 Å². The van der Waals surface area contributed by atoms with Crippen LogP contribution >= 0.6 is 11.8 Å². The molecule has 19 heavy (non-hydrogen) atoms. The Morgan fingerprint density at radius 3 is 3.11 bits per heavy atom. The summed E-state index contributed by atoms with van der Waals surface area (Å²) in [6.07, 6.45) is 3.58. The van der Waals surface area contributed by atoms with E-state index in [0.29, 0.717) is 13.0 Å². The van der Waals surface area contributed by atoms with E-state index in [1.165, 1.54) is 5.56 Å². The number of carbonyl (C=O) groups excluding carboxylic acids is 1. The summed E-state index contributed by atoms with van der Waals surface area (Å²) in [4.78, 5) is 11.8. The molecular formula is C14H20N2O2S. The zero-order chi connectivity index (χ0) is 13.7. The third kappa shape index (κ3) is 3.88. The Kier molecular flexibility index (Phi) is 5.10. The van der Waals surface area contributed by atoms with E-state index in [2.05, 4.69) is 11.4 Å². The molecule has 0 aliphatic carbocycles. The minimum Gasteiger partial charge on any atom is -0.488 e. The molecule has 0 saturated carbocycles. The molecule has 3 N–H and O–H groups in total. The van der Waals surface area contributed by atoms with Crippen molar-refractivity contribution in [2.45, 2.75) is 25.0 Å². The molecule has 0 radical (unpaired) electrons. The van der Waals surface area contributed by atoms with Gasteiger partial charge in [0.05, 0.1) is 12.6 Å². The van der Waals surface area contributed by atoms with Gasteiger partial charge in [0.1, 0.15) is 11.9 Å². The number of fused-ring (bicyclic) bond motifs is 1. The van der Waals surface area contributed by atoms with Crippen molar-refractivity contribution in [3.05, 3.63) is 29.8 Å². The molecule has 2 atom stereocenters. The summed E-state index contributed by atoms with van der Waals surface area (Å²) in [7, 11) is 0. The number of benzene rings is 1. The summed E-state index contributed by atoms with van der Waals surface area (Å²) in [5.41, 5.74) is 7.01. The summed E-state index contributed by atoms with van der Waals surface area (Å²) in [5.74, 6) is 1.74. The van der Waals surface area contributed by atoms with Gasteiger partial charge in [0, 0.05) is 6.42 Å². The fourth-order valence-electron chi connectivity index (χ4n) is 2.09. The second-order valence-electron chi connectivity index (χ2n) is 4.68. The van der Waals surface area contributed by atoms with E-state index in [1.807, 2.05) is 24.5 Å². The average Bonchev–Trinajstić information content (AvgIpc) is 2.84. The van der Waals surface area contributed by atoms with Gasteiger partial charge in [0.2, 0.25) is 5.91 Å². The number of nitrogens with one attached hydrogen (secondary N) is 1. The second-order valence-corrected chi connectivity index (χ2v) is 5.67. The van der Waals surface area contributed by atoms with Crippen LogP contribution in [0.4, 0.5) is 0 Å². The van der Waals surface area contributed by atoms with E-state index in [9.17, 15) is 4.79 Å². The molecule has 1 aromatic carbocycles. The molecule has 2 rings (SSSR count). The lowest BCUT2D eigenvalue weighted by Crippen LogP contribution is -2.44. The molecule has 1 heterocycles. The Hall–Kier alpha value is -1.20. The normalized spacial score (nSPS) is 18.5. The summed E-state index contributed by atoms with van der Waals surface area (Å²) in [5, 5.41) is 2.87. The predicted octanol–water partition coefficient (Wildman–Crippen LogP) is 1.19. The molecule has 4 nitrogen and oxygen atoms in total. The first kappa shape index (κ1) is 14.2. The van der Waals surface area contributed by atoms with Gasteiger partial charge in [-0.15, -0.1) is 0 Å². The van der Waals surface area contributed by atoms with Crippen molar-refractivity contribution in [3.63, 3.8) is 0 Å². The van der Waals surface area contributed by atoms with Crippen LogP contribution in [0.25, 0.3) is 0 Å². The first-order chi connectivity index (χ1) is 9.20. The summed E-state index contributed by atoms with van der Waals surface area (Å²) in [6.45, 7) is 0.514. The van der Waals surface area contributed by atoms with Crippen LogP contribution in [0.2, 0.25) is 0 Å². The van der Waals surface area contributed by atoms with Crippen LogP contribution in [0.1, 0.15) is 12.0 Å². The van der Waals surface area contributed by atoms with Crippen LogP contribution in [-0.2, 0) is 11.2 Å². The van der Waals surface area contributed by atoms with Gasteiger partial charge in [-0.25, -0.2) is 0 Å². The molecule has 1 amide bonds. The molecule has 0 bridgehead atoms. The van der Waals surface area contributed by atoms with Gasteiger partial charge < -0.3 is 15.8 Å². The first-order valence-corrected chi connectivity index (χ1v) is 7.87. The standard InChI is InChI=1S/C14H20N2O2S/c1-19-7-6-12(15)14(17)16-9-11-8-10-4-2-3-5-13(10)18-11/h2-5,11-12H,6-9,15H2,1H3,(H,16,17)/t11?,12-/m0/s1. The van der Waals surface area contributed by atoms with Crippen molar-refractivity contribution < 1.29 is 9.53 Å². The fraction of sp³-hybridized carbons (Fsp3) is 0.500. The van der Waals surface area contributed by atoms with E-state index < -0.39 is 6.04 Å². The number of hydrogen-bond donors (Lipinski definition) is 2. The van der Waals surface area contributed by atoms with Crippen LogP contribution in [0.3, 0.4) is 0 Å². The van der Waals surface area contributed by atoms with Crippen molar-refractivity contribution in [1.29, 1.82) is 0 Å². The lowest BCUT2D eigenvalue weighted by molar-refractivity contribution is -0.122. The average molecular weight is 280 g/mol. The lowest BCUT2D eigenvalue weighted by atomic mass is 10.1. The second kappa shape index (κ2) is 6.82. The molecule has 1 unspecified atom stereocenters. The van der Waals surface area contributed by atoms with Gasteiger partial charge in [-0.1, -0.05) is 18.2 Å². The van der Waals surface area contributed by atoms with Crippen molar-refractivity contribution in [2.75, 3.05) is 18.6 Å². The minimum atomic E-state index is -0.420. The van der Waals surface area contributed by atoms with Crippen LogP contribution in [0.15, 0.2) is 24.3 Å². The molecule has 0 aromatic heterocycles. The van der Waals surface area contributed by atoms with E-state index in [1.54, 1.807) is 11.8 Å². The number of nitrogens with two attached hydrogens (primary N) is 1. The number of carbonyl (C=O) groups is 1. The molecule has 1 aliphatic heterocycles. The zero-order valence-corrected chi connectivity index (χ0v) is 11.9. The Morgan fingerprint density at radius 2 is 2.37 bits per heavy atom. The van der Waals surface area contributed by atoms with Gasteiger partial charge in [-0.05, 0) is 30.1 Å². The Morgan fingerprint density at radius 1 is 1.58 bits per heavy atom. The van der Waals surface area contributed by atoms with Crippen LogP contribution in [-0.4, -0.2) is 36.6 Å². The summed E-state index contributed by atoms with van der Waals surface area (Å²) >= 11 is 1.70. The van der Waals surface area contributed by atoms with Crippen molar-refractivity contribution in [1.82, 2.24) is 5.32 Å². The Labute approximate surface area is 118 Å². The molecule has 0 spiro atoms. The monoisotopic (exact) mass is 280 g/mol. The third-order valence-electron chi connectivity index (χ3n) is 3.19. The number of para-hydroxylation sites is 1. The SMILES string of the molecule is CSCC[C@H](N)C(=O)NCC1Cc2ccccc2O1. The van der Waals surface area contributed by atoms with Crippen LogP contribution in [0, 0.1) is 0 Å². The van der Waals surface area contributed by atoms with Crippen LogP contribution < -0.4 is 15.8 Å². The van der Waals surface area contributed by atoms with E-state index in [-0.39, 0.29) is 12.0 Å². The highest BCUT2D eigenvalue weighted by Crippen LogP contribution is 2.27. The zero-order valence-electron chi connectivity index (χ0n) is 11.1. The van der Waals surface area contributed by atoms with Gasteiger partial charge in [0.15, 0.2) is 0 Å². The highest BCUT2D eigenvalue weighted by atomic mass is 32.2. The maximum atomic E-state index is 11.8. The van der Waals surface area contributed by atoms with E-state index in [0.717, 1.165) is 17.9 Å². The Bertz CT molecular complexity index is 414. The fourth-order valence-corrected chi connectivity index (χ4v) is 2.58. The van der Waals surface area contributed by atoms with Crippen molar-refractivity contribution >= 4 is 17.7 Å². The molecule has 0 fully saturated rings. The molecule has 1 aliphatic rings. The number of ether oxygens (including phenoxy) is 1. The highest BCUT2D eigenvalue weighted by molar-refractivity contribution is 7.98. The van der Waals surface area contributed by atoms with Gasteiger partial charge in [-0.2, -0.15) is 11.8 Å². The highest BCUT2D eigenvalue weighted by Gasteiger charge is 2.23. The smallest absolute Gasteiger partial charge is 0.237 e.